The van der Waals surface area contributed by atoms with Crippen LogP contribution in [0.2, 0.25) is 0 Å². The highest BCUT2D eigenvalue weighted by atomic mass is 32.1. The van der Waals surface area contributed by atoms with Crippen molar-refractivity contribution in [2.75, 3.05) is 18.4 Å². The molecule has 0 aliphatic rings. The molecule has 92 valence electrons. The maximum absolute atomic E-state index is 11.8. The van der Waals surface area contributed by atoms with Crippen LogP contribution >= 0.6 is 11.3 Å². The fourth-order valence-electron chi connectivity index (χ4n) is 1.53. The van der Waals surface area contributed by atoms with Gasteiger partial charge in [0, 0.05) is 18.5 Å². The van der Waals surface area contributed by atoms with E-state index < -0.39 is 0 Å². The van der Waals surface area contributed by atoms with Crippen LogP contribution in [0.1, 0.15) is 19.5 Å². The second-order valence-corrected chi connectivity index (χ2v) is 4.45. The van der Waals surface area contributed by atoms with Crippen LogP contribution in [0.5, 0.6) is 0 Å². The van der Waals surface area contributed by atoms with Gasteiger partial charge in [0.1, 0.15) is 0 Å². The molecule has 2 rings (SSSR count). The van der Waals surface area contributed by atoms with E-state index >= 15 is 0 Å². The number of anilines is 1. The van der Waals surface area contributed by atoms with E-state index in [1.165, 1.54) is 11.3 Å². The summed E-state index contributed by atoms with van der Waals surface area (Å²) in [5.41, 5.74) is 1.01. The van der Waals surface area contributed by atoms with Crippen molar-refractivity contribution in [2.24, 2.45) is 0 Å². The van der Waals surface area contributed by atoms with Crippen molar-refractivity contribution in [3.8, 4) is 0 Å². The summed E-state index contributed by atoms with van der Waals surface area (Å²) in [4.78, 5) is 18.5. The number of aryl methyl sites for hydroxylation is 1. The fraction of sp³-hybridized carbons (Fsp3) is 0.500. The highest BCUT2D eigenvalue weighted by Gasteiger charge is 2.13. The lowest BCUT2D eigenvalue weighted by Crippen LogP contribution is -2.34. The van der Waals surface area contributed by atoms with Gasteiger partial charge in [-0.25, -0.2) is 9.31 Å². The number of thiazole rings is 1. The number of nitrogens with zero attached hydrogens (tertiary/aromatic N) is 4. The lowest BCUT2D eigenvalue weighted by Gasteiger charge is -2.17. The van der Waals surface area contributed by atoms with E-state index in [1.54, 1.807) is 9.42 Å². The molecule has 0 radical (unpaired) electrons. The molecule has 2 heterocycles. The molecule has 0 bridgehead atoms. The second-order valence-electron chi connectivity index (χ2n) is 3.61. The monoisotopic (exact) mass is 253 g/mol. The quantitative estimate of drug-likeness (QED) is 0.909. The Bertz CT molecular complexity index is 528. The summed E-state index contributed by atoms with van der Waals surface area (Å²) in [6.07, 6.45) is 0. The normalized spacial score (nSPS) is 10.8. The smallest absolute Gasteiger partial charge is 0.324 e. The summed E-state index contributed by atoms with van der Waals surface area (Å²) in [5.74, 6) is 0.358. The molecule has 17 heavy (non-hydrogen) atoms. The predicted octanol–water partition coefficient (Wildman–Crippen LogP) is 1.97. The zero-order valence-corrected chi connectivity index (χ0v) is 10.9. The van der Waals surface area contributed by atoms with Gasteiger partial charge in [-0.05, 0) is 20.8 Å². The van der Waals surface area contributed by atoms with Crippen LogP contribution < -0.4 is 5.32 Å². The second kappa shape index (κ2) is 4.70. The summed E-state index contributed by atoms with van der Waals surface area (Å²) >= 11 is 1.51. The van der Waals surface area contributed by atoms with Gasteiger partial charge < -0.3 is 4.90 Å². The van der Waals surface area contributed by atoms with Gasteiger partial charge in [-0.15, -0.1) is 16.4 Å². The van der Waals surface area contributed by atoms with Crippen molar-refractivity contribution in [1.29, 1.82) is 0 Å². The van der Waals surface area contributed by atoms with Gasteiger partial charge in [-0.2, -0.15) is 4.98 Å². The van der Waals surface area contributed by atoms with Crippen molar-refractivity contribution in [3.05, 3.63) is 11.1 Å². The van der Waals surface area contributed by atoms with Crippen LogP contribution in [0, 0.1) is 6.92 Å². The summed E-state index contributed by atoms with van der Waals surface area (Å²) in [6, 6.07) is -0.161. The van der Waals surface area contributed by atoms with E-state index in [-0.39, 0.29) is 6.03 Å². The van der Waals surface area contributed by atoms with Gasteiger partial charge >= 0.3 is 6.03 Å². The van der Waals surface area contributed by atoms with Gasteiger partial charge in [0.15, 0.2) is 0 Å². The van der Waals surface area contributed by atoms with Crippen molar-refractivity contribution >= 4 is 28.3 Å². The average molecular weight is 253 g/mol. The van der Waals surface area contributed by atoms with E-state index in [4.69, 9.17) is 0 Å². The molecule has 2 amide bonds. The zero-order valence-electron chi connectivity index (χ0n) is 10.1. The Morgan fingerprint density at radius 1 is 1.53 bits per heavy atom. The summed E-state index contributed by atoms with van der Waals surface area (Å²) in [7, 11) is 0. The Morgan fingerprint density at radius 3 is 2.82 bits per heavy atom. The Hall–Kier alpha value is -1.63. The minimum Gasteiger partial charge on any atom is -0.325 e. The van der Waals surface area contributed by atoms with E-state index in [2.05, 4.69) is 15.4 Å². The van der Waals surface area contributed by atoms with E-state index in [0.717, 1.165) is 10.7 Å². The number of carbonyl (C=O) groups excluding carboxylic acids is 1. The van der Waals surface area contributed by atoms with Gasteiger partial charge in [-0.3, -0.25) is 5.32 Å². The predicted molar refractivity (Wildman–Crippen MR) is 67.5 cm³/mol. The van der Waals surface area contributed by atoms with Crippen molar-refractivity contribution in [1.82, 2.24) is 19.5 Å². The largest absolute Gasteiger partial charge is 0.325 e. The molecular formula is C10H15N5OS. The molecule has 0 saturated heterocycles. The van der Waals surface area contributed by atoms with Crippen molar-refractivity contribution in [3.63, 3.8) is 0 Å². The van der Waals surface area contributed by atoms with Crippen LogP contribution in [0.15, 0.2) is 5.38 Å². The van der Waals surface area contributed by atoms with Crippen LogP contribution in [-0.4, -0.2) is 38.6 Å². The Morgan fingerprint density at radius 2 is 2.24 bits per heavy atom. The molecule has 2 aromatic rings. The van der Waals surface area contributed by atoms with Crippen LogP contribution in [-0.2, 0) is 0 Å². The molecule has 0 fully saturated rings. The average Bonchev–Trinajstić information content (AvgIpc) is 2.83. The van der Waals surface area contributed by atoms with Crippen LogP contribution in [0.3, 0.4) is 0 Å². The number of hydrogen-bond donors (Lipinski definition) is 1. The number of carbonyl (C=O) groups is 1. The third-order valence-electron chi connectivity index (χ3n) is 2.52. The van der Waals surface area contributed by atoms with Crippen molar-refractivity contribution < 1.29 is 4.79 Å². The number of amides is 2. The molecule has 0 atom stereocenters. The molecule has 0 aliphatic heterocycles. The lowest BCUT2D eigenvalue weighted by molar-refractivity contribution is 0.217. The molecular weight excluding hydrogens is 238 g/mol. The van der Waals surface area contributed by atoms with Crippen molar-refractivity contribution in [2.45, 2.75) is 20.8 Å². The number of aromatic nitrogens is 3. The van der Waals surface area contributed by atoms with Gasteiger partial charge in [0.05, 0.1) is 5.69 Å². The molecule has 0 aliphatic carbocycles. The van der Waals surface area contributed by atoms with Gasteiger partial charge in [0.2, 0.25) is 4.96 Å². The number of fused-ring (bicyclic) bond motifs is 1. The molecule has 6 nitrogen and oxygen atoms in total. The van der Waals surface area contributed by atoms with Crippen LogP contribution in [0.4, 0.5) is 10.7 Å². The maximum Gasteiger partial charge on any atom is 0.324 e. The minimum atomic E-state index is -0.161. The zero-order chi connectivity index (χ0) is 12.4. The summed E-state index contributed by atoms with van der Waals surface area (Å²) in [5, 5.41) is 8.90. The molecule has 0 saturated carbocycles. The topological polar surface area (TPSA) is 62.5 Å². The SMILES string of the molecule is CCN(CC)C(=O)Nc1nc2scc(C)n2n1. The summed E-state index contributed by atoms with van der Waals surface area (Å²) < 4.78 is 1.72. The van der Waals surface area contributed by atoms with E-state index in [9.17, 15) is 4.79 Å². The fourth-order valence-corrected chi connectivity index (χ4v) is 2.33. The van der Waals surface area contributed by atoms with Crippen LogP contribution in [0.25, 0.3) is 4.96 Å². The Kier molecular flexibility index (Phi) is 3.28. The minimum absolute atomic E-state index is 0.161. The molecule has 0 aromatic carbocycles. The number of rotatable bonds is 3. The number of nitrogens with one attached hydrogen (secondary N) is 1. The third kappa shape index (κ3) is 2.23. The van der Waals surface area contributed by atoms with E-state index in [0.29, 0.717) is 19.0 Å². The molecule has 2 aromatic heterocycles. The van der Waals surface area contributed by atoms with Gasteiger partial charge in [-0.1, -0.05) is 0 Å². The number of hydrogen-bond acceptors (Lipinski definition) is 4. The number of urea groups is 1. The Balaban J connectivity index is 2.15. The molecule has 7 heteroatoms. The highest BCUT2D eigenvalue weighted by molar-refractivity contribution is 7.15. The van der Waals surface area contributed by atoms with E-state index in [1.807, 2.05) is 26.2 Å². The third-order valence-corrected chi connectivity index (χ3v) is 3.45. The maximum atomic E-state index is 11.8. The highest BCUT2D eigenvalue weighted by Crippen LogP contribution is 2.15. The first kappa shape index (κ1) is 11.8. The lowest BCUT2D eigenvalue weighted by atomic mass is 10.5. The van der Waals surface area contributed by atoms with Gasteiger partial charge in [0.25, 0.3) is 5.95 Å². The molecule has 0 spiro atoms. The molecule has 0 unspecified atom stereocenters. The molecule has 1 N–H and O–H groups in total. The summed E-state index contributed by atoms with van der Waals surface area (Å²) in [6.45, 7) is 7.17. The Labute approximate surface area is 103 Å². The first-order valence-electron chi connectivity index (χ1n) is 5.52. The first-order valence-corrected chi connectivity index (χ1v) is 6.40. The first-order chi connectivity index (χ1) is 8.15. The standard InChI is InChI=1S/C10H15N5OS/c1-4-14(5-2)9(16)11-8-12-10-15(13-8)7(3)6-17-10/h6H,4-5H2,1-3H3,(H,11,13,16).